The second-order valence-electron chi connectivity index (χ2n) is 6.77. The Balaban J connectivity index is 1.78. The Morgan fingerprint density at radius 3 is 1.89 bits per heavy atom. The summed E-state index contributed by atoms with van der Waals surface area (Å²) in [6, 6.07) is 15.2. The SMILES string of the molecule is C=C(c1ccc(OCCCCCCCCO)cc1)c1ccc(C(=O)OC)cc1. The molecule has 0 aliphatic rings. The first kappa shape index (κ1) is 21.7. The smallest absolute Gasteiger partial charge is 0.337 e. The highest BCUT2D eigenvalue weighted by Gasteiger charge is 2.07. The van der Waals surface area contributed by atoms with Crippen molar-refractivity contribution in [3.8, 4) is 5.75 Å². The summed E-state index contributed by atoms with van der Waals surface area (Å²) in [7, 11) is 1.37. The zero-order chi connectivity index (χ0) is 20.2. The molecule has 2 rings (SSSR count). The summed E-state index contributed by atoms with van der Waals surface area (Å²) in [5.41, 5.74) is 3.40. The van der Waals surface area contributed by atoms with Crippen molar-refractivity contribution in [1.29, 1.82) is 0 Å². The lowest BCUT2D eigenvalue weighted by Crippen LogP contribution is -2.00. The lowest BCUT2D eigenvalue weighted by molar-refractivity contribution is 0.0600. The molecule has 4 heteroatoms. The number of aliphatic hydroxyl groups is 1. The van der Waals surface area contributed by atoms with Gasteiger partial charge >= 0.3 is 5.97 Å². The van der Waals surface area contributed by atoms with Gasteiger partial charge in [-0.05, 0) is 53.8 Å². The van der Waals surface area contributed by atoms with Gasteiger partial charge in [-0.2, -0.15) is 0 Å². The predicted octanol–water partition coefficient (Wildman–Crippen LogP) is 5.25. The third kappa shape index (κ3) is 6.86. The predicted molar refractivity (Wildman–Crippen MR) is 113 cm³/mol. The molecule has 0 aliphatic carbocycles. The third-order valence-electron chi connectivity index (χ3n) is 4.68. The lowest BCUT2D eigenvalue weighted by atomic mass is 9.98. The van der Waals surface area contributed by atoms with Gasteiger partial charge in [0.05, 0.1) is 19.3 Å². The van der Waals surface area contributed by atoms with E-state index in [-0.39, 0.29) is 5.97 Å². The first-order valence-corrected chi connectivity index (χ1v) is 9.87. The Morgan fingerprint density at radius 2 is 1.32 bits per heavy atom. The minimum Gasteiger partial charge on any atom is -0.494 e. The molecule has 4 nitrogen and oxygen atoms in total. The fraction of sp³-hybridized carbons (Fsp3) is 0.375. The van der Waals surface area contributed by atoms with Gasteiger partial charge in [-0.15, -0.1) is 0 Å². The number of esters is 1. The molecule has 28 heavy (non-hydrogen) atoms. The Bertz CT molecular complexity index is 732. The number of benzene rings is 2. The summed E-state index contributed by atoms with van der Waals surface area (Å²) >= 11 is 0. The molecule has 0 unspecified atom stereocenters. The van der Waals surface area contributed by atoms with E-state index in [9.17, 15) is 4.79 Å². The second-order valence-corrected chi connectivity index (χ2v) is 6.77. The lowest BCUT2D eigenvalue weighted by Gasteiger charge is -2.10. The van der Waals surface area contributed by atoms with Crippen molar-refractivity contribution >= 4 is 11.5 Å². The number of unbranched alkanes of at least 4 members (excludes halogenated alkanes) is 5. The Hall–Kier alpha value is -2.59. The molecule has 0 fully saturated rings. The summed E-state index contributed by atoms with van der Waals surface area (Å²) in [6.07, 6.45) is 6.58. The number of ether oxygens (including phenoxy) is 2. The van der Waals surface area contributed by atoms with Crippen molar-refractivity contribution in [2.75, 3.05) is 20.3 Å². The van der Waals surface area contributed by atoms with E-state index >= 15 is 0 Å². The quantitative estimate of drug-likeness (QED) is 0.402. The van der Waals surface area contributed by atoms with E-state index in [1.807, 2.05) is 36.4 Å². The normalized spacial score (nSPS) is 10.5. The summed E-state index contributed by atoms with van der Waals surface area (Å²) in [4.78, 5) is 11.5. The van der Waals surface area contributed by atoms with E-state index in [4.69, 9.17) is 14.6 Å². The molecule has 0 amide bonds. The summed E-state index contributed by atoms with van der Waals surface area (Å²) in [5, 5.41) is 8.75. The summed E-state index contributed by atoms with van der Waals surface area (Å²) in [6.45, 7) is 5.18. The highest BCUT2D eigenvalue weighted by molar-refractivity contribution is 5.90. The van der Waals surface area contributed by atoms with Crippen LogP contribution in [0.15, 0.2) is 55.1 Å². The van der Waals surface area contributed by atoms with E-state index in [1.165, 1.54) is 20.0 Å². The van der Waals surface area contributed by atoms with Crippen LogP contribution < -0.4 is 4.74 Å². The molecule has 0 aromatic heterocycles. The van der Waals surface area contributed by atoms with E-state index in [0.717, 1.165) is 54.7 Å². The Morgan fingerprint density at radius 1 is 0.821 bits per heavy atom. The van der Waals surface area contributed by atoms with Crippen LogP contribution in [0.25, 0.3) is 5.57 Å². The highest BCUT2D eigenvalue weighted by atomic mass is 16.5. The van der Waals surface area contributed by atoms with Gasteiger partial charge in [-0.1, -0.05) is 56.5 Å². The average molecular weight is 383 g/mol. The number of hydrogen-bond donors (Lipinski definition) is 1. The first-order valence-electron chi connectivity index (χ1n) is 9.87. The standard InChI is InChI=1S/C24H30O4/c1-19(20-9-11-22(12-10-20)24(26)27-2)21-13-15-23(16-14-21)28-18-8-6-4-3-5-7-17-25/h9-16,25H,1,3-8,17-18H2,2H3. The fourth-order valence-corrected chi connectivity index (χ4v) is 2.96. The third-order valence-corrected chi connectivity index (χ3v) is 4.68. The fourth-order valence-electron chi connectivity index (χ4n) is 2.96. The van der Waals surface area contributed by atoms with E-state index in [2.05, 4.69) is 6.58 Å². The van der Waals surface area contributed by atoms with Crippen LogP contribution in [-0.2, 0) is 4.74 Å². The minimum atomic E-state index is -0.344. The number of rotatable bonds is 12. The van der Waals surface area contributed by atoms with Crippen LogP contribution in [0.2, 0.25) is 0 Å². The van der Waals surface area contributed by atoms with E-state index < -0.39 is 0 Å². The van der Waals surface area contributed by atoms with Crippen molar-refractivity contribution in [2.45, 2.75) is 38.5 Å². The van der Waals surface area contributed by atoms with Crippen LogP contribution >= 0.6 is 0 Å². The Labute approximate surface area is 167 Å². The summed E-state index contributed by atoms with van der Waals surface area (Å²) in [5.74, 6) is 0.515. The molecule has 150 valence electrons. The van der Waals surface area contributed by atoms with Gasteiger partial charge in [0.25, 0.3) is 0 Å². The Kier molecular flexibility index (Phi) is 9.29. The van der Waals surface area contributed by atoms with E-state index in [0.29, 0.717) is 12.2 Å². The largest absolute Gasteiger partial charge is 0.494 e. The van der Waals surface area contributed by atoms with Crippen LogP contribution in [-0.4, -0.2) is 31.4 Å². The first-order chi connectivity index (χ1) is 13.7. The molecular formula is C24H30O4. The maximum atomic E-state index is 11.5. The maximum absolute atomic E-state index is 11.5. The molecule has 1 N–H and O–H groups in total. The van der Waals surface area contributed by atoms with Crippen LogP contribution in [0.4, 0.5) is 0 Å². The number of methoxy groups -OCH3 is 1. The number of hydrogen-bond acceptors (Lipinski definition) is 4. The molecule has 0 bridgehead atoms. The maximum Gasteiger partial charge on any atom is 0.337 e. The van der Waals surface area contributed by atoms with Gasteiger partial charge in [0.2, 0.25) is 0 Å². The van der Waals surface area contributed by atoms with Crippen molar-refractivity contribution in [3.05, 3.63) is 71.8 Å². The topological polar surface area (TPSA) is 55.8 Å². The molecular weight excluding hydrogens is 352 g/mol. The second kappa shape index (κ2) is 12.0. The zero-order valence-corrected chi connectivity index (χ0v) is 16.7. The molecule has 0 radical (unpaired) electrons. The van der Waals surface area contributed by atoms with Crippen LogP contribution in [0, 0.1) is 0 Å². The molecule has 2 aromatic rings. The molecule has 0 saturated heterocycles. The van der Waals surface area contributed by atoms with Gasteiger partial charge in [-0.25, -0.2) is 4.79 Å². The van der Waals surface area contributed by atoms with Crippen LogP contribution in [0.5, 0.6) is 5.75 Å². The van der Waals surface area contributed by atoms with Crippen molar-refractivity contribution in [1.82, 2.24) is 0 Å². The van der Waals surface area contributed by atoms with Gasteiger partial charge in [0, 0.05) is 6.61 Å². The average Bonchev–Trinajstić information content (AvgIpc) is 2.75. The number of aliphatic hydroxyl groups excluding tert-OH is 1. The monoisotopic (exact) mass is 382 g/mol. The number of carbonyl (C=O) groups excluding carboxylic acids is 1. The van der Waals surface area contributed by atoms with Crippen molar-refractivity contribution in [3.63, 3.8) is 0 Å². The minimum absolute atomic E-state index is 0.296. The van der Waals surface area contributed by atoms with Crippen LogP contribution in [0.3, 0.4) is 0 Å². The van der Waals surface area contributed by atoms with Gasteiger partial charge in [-0.3, -0.25) is 0 Å². The van der Waals surface area contributed by atoms with Gasteiger partial charge in [0.15, 0.2) is 0 Å². The summed E-state index contributed by atoms with van der Waals surface area (Å²) < 4.78 is 10.5. The van der Waals surface area contributed by atoms with Crippen molar-refractivity contribution < 1.29 is 19.4 Å². The molecule has 0 aliphatic heterocycles. The molecule has 0 saturated carbocycles. The molecule has 0 atom stereocenters. The van der Waals surface area contributed by atoms with Crippen molar-refractivity contribution in [2.24, 2.45) is 0 Å². The number of carbonyl (C=O) groups is 1. The van der Waals surface area contributed by atoms with Gasteiger partial charge < -0.3 is 14.6 Å². The molecule has 0 heterocycles. The molecule has 2 aromatic carbocycles. The van der Waals surface area contributed by atoms with Gasteiger partial charge in [0.1, 0.15) is 5.75 Å². The highest BCUT2D eigenvalue weighted by Crippen LogP contribution is 2.24. The zero-order valence-electron chi connectivity index (χ0n) is 16.7. The molecule has 0 spiro atoms. The van der Waals surface area contributed by atoms with E-state index in [1.54, 1.807) is 12.1 Å². The van der Waals surface area contributed by atoms with Crippen LogP contribution in [0.1, 0.15) is 60.0 Å².